The minimum Gasteiger partial charge on any atom is -0.362 e. The summed E-state index contributed by atoms with van der Waals surface area (Å²) in [5.41, 5.74) is 5.63. The highest BCUT2D eigenvalue weighted by Gasteiger charge is 2.23. The van der Waals surface area contributed by atoms with E-state index in [0.29, 0.717) is 5.92 Å². The second-order valence-corrected chi connectivity index (χ2v) is 8.11. The number of aromatic amines is 1. The number of nitrogens with one attached hydrogen (secondary N) is 2. The number of rotatable bonds is 4. The van der Waals surface area contributed by atoms with Crippen molar-refractivity contribution in [3.63, 3.8) is 0 Å². The Bertz CT molecular complexity index is 1060. The summed E-state index contributed by atoms with van der Waals surface area (Å²) in [4.78, 5) is 14.6. The number of fused-ring (bicyclic) bond motifs is 1. The molecule has 148 valence electrons. The molecule has 0 atom stereocenters. The van der Waals surface area contributed by atoms with Crippen LogP contribution < -0.4 is 5.32 Å². The lowest BCUT2D eigenvalue weighted by atomic mass is 9.94. The van der Waals surface area contributed by atoms with Crippen LogP contribution in [0.2, 0.25) is 0 Å². The molecule has 2 aliphatic heterocycles. The molecule has 0 saturated carbocycles. The summed E-state index contributed by atoms with van der Waals surface area (Å²) in [6, 6.07) is 8.47. The smallest absolute Gasteiger partial charge is 0.138 e. The van der Waals surface area contributed by atoms with E-state index in [2.05, 4.69) is 55.5 Å². The molecule has 2 N–H and O–H groups in total. The molecule has 0 radical (unpaired) electrons. The molecule has 1 fully saturated rings. The fourth-order valence-electron chi connectivity index (χ4n) is 4.36. The number of H-pyrrole nitrogens is 1. The van der Waals surface area contributed by atoms with Gasteiger partial charge in [0, 0.05) is 54.2 Å². The monoisotopic (exact) mass is 405 g/mol. The minimum atomic E-state index is 0.557. The van der Waals surface area contributed by atoms with Gasteiger partial charge < -0.3 is 15.2 Å². The largest absolute Gasteiger partial charge is 0.362 e. The van der Waals surface area contributed by atoms with Crippen LogP contribution >= 0.6 is 11.6 Å². The molecular formula is C23H24ClN5. The number of nitrogens with zero attached hydrogens (tertiary/aromatic N) is 3. The molecule has 5 rings (SSSR count). The van der Waals surface area contributed by atoms with Crippen LogP contribution in [0.4, 0.5) is 0 Å². The molecule has 0 amide bonds. The van der Waals surface area contributed by atoms with Crippen LogP contribution in [-0.4, -0.2) is 39.5 Å². The SMILES string of the molecule is ClC1=C(c2ccnc3[nH]c(C4CCNCC4)cc23)N(Cc2ccncc2)CC=C1. The van der Waals surface area contributed by atoms with Gasteiger partial charge in [0.25, 0.3) is 0 Å². The van der Waals surface area contributed by atoms with Crippen molar-refractivity contribution in [2.45, 2.75) is 25.3 Å². The fourth-order valence-corrected chi connectivity index (χ4v) is 4.67. The van der Waals surface area contributed by atoms with E-state index in [1.165, 1.54) is 11.3 Å². The predicted molar refractivity (Wildman–Crippen MR) is 117 cm³/mol. The zero-order chi connectivity index (χ0) is 19.6. The van der Waals surface area contributed by atoms with Crippen molar-refractivity contribution < 1.29 is 0 Å². The van der Waals surface area contributed by atoms with E-state index in [4.69, 9.17) is 11.6 Å². The number of pyridine rings is 2. The number of allylic oxidation sites excluding steroid dienone is 2. The van der Waals surface area contributed by atoms with Crippen LogP contribution in [0.3, 0.4) is 0 Å². The quantitative estimate of drug-likeness (QED) is 0.675. The van der Waals surface area contributed by atoms with Crippen LogP contribution in [0.15, 0.2) is 60.0 Å². The van der Waals surface area contributed by atoms with Crippen molar-refractivity contribution in [3.05, 3.63) is 76.9 Å². The van der Waals surface area contributed by atoms with Crippen molar-refractivity contribution in [2.24, 2.45) is 0 Å². The molecule has 0 aliphatic carbocycles. The van der Waals surface area contributed by atoms with Crippen LogP contribution in [0, 0.1) is 0 Å². The molecule has 0 bridgehead atoms. The molecule has 0 aromatic carbocycles. The Morgan fingerprint density at radius 1 is 1.10 bits per heavy atom. The molecule has 6 heteroatoms. The van der Waals surface area contributed by atoms with E-state index < -0.39 is 0 Å². The first kappa shape index (κ1) is 18.4. The normalized spacial score (nSPS) is 18.0. The maximum Gasteiger partial charge on any atom is 0.138 e. The summed E-state index contributed by atoms with van der Waals surface area (Å²) in [7, 11) is 0. The van der Waals surface area contributed by atoms with Crippen LogP contribution in [0.25, 0.3) is 16.7 Å². The van der Waals surface area contributed by atoms with Crippen molar-refractivity contribution in [1.29, 1.82) is 0 Å². The molecule has 0 unspecified atom stereocenters. The van der Waals surface area contributed by atoms with E-state index in [-0.39, 0.29) is 0 Å². The van der Waals surface area contributed by atoms with Crippen LogP contribution in [0.1, 0.15) is 35.6 Å². The van der Waals surface area contributed by atoms with E-state index >= 15 is 0 Å². The number of piperidine rings is 1. The highest BCUT2D eigenvalue weighted by Crippen LogP contribution is 2.36. The first-order valence-electron chi connectivity index (χ1n) is 10.2. The van der Waals surface area contributed by atoms with Gasteiger partial charge in [-0.25, -0.2) is 4.98 Å². The summed E-state index contributed by atoms with van der Waals surface area (Å²) < 4.78 is 0. The van der Waals surface area contributed by atoms with Gasteiger partial charge in [-0.15, -0.1) is 0 Å². The Hall–Kier alpha value is -2.63. The van der Waals surface area contributed by atoms with Gasteiger partial charge in [0.2, 0.25) is 0 Å². The van der Waals surface area contributed by atoms with Crippen LogP contribution in [0.5, 0.6) is 0 Å². The Morgan fingerprint density at radius 2 is 1.93 bits per heavy atom. The van der Waals surface area contributed by atoms with Crippen molar-refractivity contribution >= 4 is 28.3 Å². The summed E-state index contributed by atoms with van der Waals surface area (Å²) in [5, 5.41) is 5.35. The maximum atomic E-state index is 6.73. The third kappa shape index (κ3) is 3.68. The Labute approximate surface area is 175 Å². The topological polar surface area (TPSA) is 56.8 Å². The first-order valence-corrected chi connectivity index (χ1v) is 10.6. The molecule has 5 nitrogen and oxygen atoms in total. The standard InChI is InChI=1S/C23H24ClN5/c24-20-2-1-13-29(15-16-3-8-25-9-4-16)22(20)18-7-12-27-23-19(18)14-21(28-23)17-5-10-26-11-6-17/h1-4,7-9,12,14,17,26H,5-6,10-11,13,15H2,(H,27,28). The van der Waals surface area contributed by atoms with Gasteiger partial charge >= 0.3 is 0 Å². The second kappa shape index (κ2) is 8.01. The number of hydrogen-bond acceptors (Lipinski definition) is 4. The van der Waals surface area contributed by atoms with Crippen molar-refractivity contribution in [2.75, 3.05) is 19.6 Å². The average Bonchev–Trinajstić information content (AvgIpc) is 3.20. The summed E-state index contributed by atoms with van der Waals surface area (Å²) >= 11 is 6.73. The maximum absolute atomic E-state index is 6.73. The molecule has 2 aliphatic rings. The highest BCUT2D eigenvalue weighted by atomic mass is 35.5. The van der Waals surface area contributed by atoms with Gasteiger partial charge in [-0.2, -0.15) is 0 Å². The minimum absolute atomic E-state index is 0.557. The number of aromatic nitrogens is 3. The van der Waals surface area contributed by atoms with Gasteiger partial charge in [0.05, 0.1) is 10.7 Å². The second-order valence-electron chi connectivity index (χ2n) is 7.70. The van der Waals surface area contributed by atoms with Crippen molar-refractivity contribution in [1.82, 2.24) is 25.2 Å². The van der Waals surface area contributed by atoms with Gasteiger partial charge in [-0.05, 0) is 61.8 Å². The predicted octanol–water partition coefficient (Wildman–Crippen LogP) is 4.40. The molecular weight excluding hydrogens is 382 g/mol. The summed E-state index contributed by atoms with van der Waals surface area (Å²) in [6.45, 7) is 3.75. The average molecular weight is 406 g/mol. The van der Waals surface area contributed by atoms with Gasteiger partial charge in [-0.3, -0.25) is 4.98 Å². The third-order valence-electron chi connectivity index (χ3n) is 5.84. The molecule has 5 heterocycles. The first-order chi connectivity index (χ1) is 14.3. The third-order valence-corrected chi connectivity index (χ3v) is 6.15. The van der Waals surface area contributed by atoms with E-state index in [1.807, 2.05) is 24.7 Å². The number of halogens is 1. The molecule has 3 aromatic heterocycles. The Kier molecular flexibility index (Phi) is 5.08. The van der Waals surface area contributed by atoms with E-state index in [1.54, 1.807) is 0 Å². The van der Waals surface area contributed by atoms with Gasteiger partial charge in [0.1, 0.15) is 5.65 Å². The summed E-state index contributed by atoms with van der Waals surface area (Å²) in [6.07, 6.45) is 12.0. The Balaban J connectivity index is 1.55. The fraction of sp³-hybridized carbons (Fsp3) is 0.304. The zero-order valence-electron chi connectivity index (χ0n) is 16.2. The Morgan fingerprint density at radius 3 is 2.76 bits per heavy atom. The summed E-state index contributed by atoms with van der Waals surface area (Å²) in [5.74, 6) is 0.557. The van der Waals surface area contributed by atoms with Gasteiger partial charge in [0.15, 0.2) is 0 Å². The molecule has 29 heavy (non-hydrogen) atoms. The van der Waals surface area contributed by atoms with Crippen LogP contribution in [-0.2, 0) is 6.54 Å². The number of hydrogen-bond donors (Lipinski definition) is 2. The lowest BCUT2D eigenvalue weighted by Gasteiger charge is -2.30. The highest BCUT2D eigenvalue weighted by molar-refractivity contribution is 6.34. The lowest BCUT2D eigenvalue weighted by molar-refractivity contribution is 0.428. The molecule has 0 spiro atoms. The van der Waals surface area contributed by atoms with E-state index in [9.17, 15) is 0 Å². The van der Waals surface area contributed by atoms with E-state index in [0.717, 1.165) is 66.3 Å². The van der Waals surface area contributed by atoms with Gasteiger partial charge in [-0.1, -0.05) is 17.7 Å². The molecule has 3 aromatic rings. The lowest BCUT2D eigenvalue weighted by Crippen LogP contribution is -2.26. The molecule has 1 saturated heterocycles. The zero-order valence-corrected chi connectivity index (χ0v) is 17.0. The van der Waals surface area contributed by atoms with Crippen molar-refractivity contribution in [3.8, 4) is 0 Å².